The summed E-state index contributed by atoms with van der Waals surface area (Å²) in [6.07, 6.45) is 4.45. The molecular formula is C22H28N4O4S. The first-order valence-electron chi connectivity index (χ1n) is 10.6. The zero-order chi connectivity index (χ0) is 22.2. The third-order valence-electron chi connectivity index (χ3n) is 6.14. The summed E-state index contributed by atoms with van der Waals surface area (Å²) >= 11 is 0. The Labute approximate surface area is 182 Å². The zero-order valence-corrected chi connectivity index (χ0v) is 18.4. The van der Waals surface area contributed by atoms with Crippen molar-refractivity contribution in [3.8, 4) is 0 Å². The van der Waals surface area contributed by atoms with Crippen LogP contribution in [0.2, 0.25) is 0 Å². The number of benzene rings is 1. The number of primary amides is 1. The van der Waals surface area contributed by atoms with Gasteiger partial charge in [-0.3, -0.25) is 9.59 Å². The standard InChI is InChI=1S/C22H28N4O4S/c1-24-15-19(13-20(24)21(23)27)31(29,30)25-11-9-17(10-12-25)22(28)26(18-7-8-18)14-16-5-3-2-4-6-16/h2-6,13,15,17-18H,7-12,14H2,1H3,(H2,23,27). The van der Waals surface area contributed by atoms with Crippen LogP contribution in [0, 0.1) is 5.92 Å². The van der Waals surface area contributed by atoms with Crippen LogP contribution in [-0.4, -0.2) is 53.1 Å². The number of hydrogen-bond acceptors (Lipinski definition) is 4. The molecule has 9 heteroatoms. The Hall–Kier alpha value is -2.65. The number of amides is 2. The van der Waals surface area contributed by atoms with Crippen molar-refractivity contribution in [3.63, 3.8) is 0 Å². The lowest BCUT2D eigenvalue weighted by molar-refractivity contribution is -0.138. The summed E-state index contributed by atoms with van der Waals surface area (Å²) in [5.74, 6) is -0.723. The minimum absolute atomic E-state index is 0.0530. The summed E-state index contributed by atoms with van der Waals surface area (Å²) in [7, 11) is -2.15. The van der Waals surface area contributed by atoms with Crippen molar-refractivity contribution in [1.82, 2.24) is 13.8 Å². The van der Waals surface area contributed by atoms with Crippen LogP contribution >= 0.6 is 0 Å². The van der Waals surface area contributed by atoms with Gasteiger partial charge in [0.1, 0.15) is 10.6 Å². The predicted molar refractivity (Wildman–Crippen MR) is 115 cm³/mol. The second kappa shape index (κ2) is 8.47. The third-order valence-corrected chi connectivity index (χ3v) is 8.00. The van der Waals surface area contributed by atoms with Gasteiger partial charge in [-0.2, -0.15) is 4.31 Å². The second-order valence-electron chi connectivity index (χ2n) is 8.40. The van der Waals surface area contributed by atoms with Gasteiger partial charge in [-0.15, -0.1) is 0 Å². The summed E-state index contributed by atoms with van der Waals surface area (Å²) < 4.78 is 28.8. The molecule has 2 fully saturated rings. The van der Waals surface area contributed by atoms with E-state index in [0.717, 1.165) is 18.4 Å². The van der Waals surface area contributed by atoms with Gasteiger partial charge in [-0.05, 0) is 37.3 Å². The molecule has 2 aliphatic rings. The molecule has 2 amide bonds. The Bertz CT molecular complexity index is 1070. The van der Waals surface area contributed by atoms with E-state index in [2.05, 4.69) is 0 Å². The van der Waals surface area contributed by atoms with Crippen molar-refractivity contribution in [1.29, 1.82) is 0 Å². The van der Waals surface area contributed by atoms with E-state index in [1.165, 1.54) is 21.1 Å². The maximum Gasteiger partial charge on any atom is 0.265 e. The fraction of sp³-hybridized carbons (Fsp3) is 0.455. The lowest BCUT2D eigenvalue weighted by atomic mass is 9.96. The number of sulfonamides is 1. The SMILES string of the molecule is Cn1cc(S(=O)(=O)N2CCC(C(=O)N(Cc3ccccc3)C3CC3)CC2)cc1C(N)=O. The summed E-state index contributed by atoms with van der Waals surface area (Å²) in [4.78, 5) is 26.7. The highest BCUT2D eigenvalue weighted by Crippen LogP contribution is 2.33. The van der Waals surface area contributed by atoms with E-state index >= 15 is 0 Å². The van der Waals surface area contributed by atoms with Crippen LogP contribution in [0.25, 0.3) is 0 Å². The number of rotatable bonds is 7. The molecule has 1 aromatic heterocycles. The summed E-state index contributed by atoms with van der Waals surface area (Å²) in [5.41, 5.74) is 6.56. The summed E-state index contributed by atoms with van der Waals surface area (Å²) in [5, 5.41) is 0. The highest BCUT2D eigenvalue weighted by molar-refractivity contribution is 7.89. The van der Waals surface area contributed by atoms with Crippen LogP contribution in [-0.2, 0) is 28.4 Å². The van der Waals surface area contributed by atoms with E-state index in [9.17, 15) is 18.0 Å². The molecule has 0 bridgehead atoms. The Morgan fingerprint density at radius 1 is 1.10 bits per heavy atom. The van der Waals surface area contributed by atoms with Gasteiger partial charge in [0.25, 0.3) is 5.91 Å². The van der Waals surface area contributed by atoms with Crippen molar-refractivity contribution < 1.29 is 18.0 Å². The first kappa shape index (κ1) is 21.6. The van der Waals surface area contributed by atoms with E-state index in [4.69, 9.17) is 5.73 Å². The number of aryl methyl sites for hydroxylation is 1. The molecule has 1 aliphatic heterocycles. The normalized spacial score (nSPS) is 18.1. The second-order valence-corrected chi connectivity index (χ2v) is 10.3. The van der Waals surface area contributed by atoms with Crippen LogP contribution in [0.3, 0.4) is 0 Å². The van der Waals surface area contributed by atoms with Gasteiger partial charge < -0.3 is 15.2 Å². The first-order chi connectivity index (χ1) is 14.8. The van der Waals surface area contributed by atoms with Crippen LogP contribution in [0.5, 0.6) is 0 Å². The van der Waals surface area contributed by atoms with Crippen molar-refractivity contribution in [2.75, 3.05) is 13.1 Å². The summed E-state index contributed by atoms with van der Waals surface area (Å²) in [6.45, 7) is 1.16. The molecule has 0 atom stereocenters. The molecular weight excluding hydrogens is 416 g/mol. The molecule has 1 aliphatic carbocycles. The van der Waals surface area contributed by atoms with Crippen LogP contribution in [0.4, 0.5) is 0 Å². The van der Waals surface area contributed by atoms with E-state index < -0.39 is 15.9 Å². The molecule has 1 saturated carbocycles. The molecule has 1 aromatic carbocycles. The van der Waals surface area contributed by atoms with Crippen LogP contribution in [0.15, 0.2) is 47.5 Å². The van der Waals surface area contributed by atoms with Crippen molar-refractivity contribution in [2.45, 2.75) is 43.2 Å². The van der Waals surface area contributed by atoms with Gasteiger partial charge in [-0.25, -0.2) is 8.42 Å². The quantitative estimate of drug-likeness (QED) is 0.702. The van der Waals surface area contributed by atoms with Crippen LogP contribution < -0.4 is 5.73 Å². The lowest BCUT2D eigenvalue weighted by Gasteiger charge is -2.33. The van der Waals surface area contributed by atoms with E-state index in [0.29, 0.717) is 25.4 Å². The van der Waals surface area contributed by atoms with Gasteiger partial charge in [-0.1, -0.05) is 30.3 Å². The van der Waals surface area contributed by atoms with Gasteiger partial charge >= 0.3 is 0 Å². The topological polar surface area (TPSA) is 106 Å². The fourth-order valence-electron chi connectivity index (χ4n) is 4.20. The number of nitrogens with zero attached hydrogens (tertiary/aromatic N) is 3. The molecule has 1 saturated heterocycles. The molecule has 2 aromatic rings. The largest absolute Gasteiger partial charge is 0.364 e. The summed E-state index contributed by atoms with van der Waals surface area (Å²) in [6, 6.07) is 11.6. The number of aromatic nitrogens is 1. The maximum atomic E-state index is 13.2. The molecule has 8 nitrogen and oxygen atoms in total. The number of nitrogens with two attached hydrogens (primary N) is 1. The first-order valence-corrected chi connectivity index (χ1v) is 12.0. The Kier molecular flexibility index (Phi) is 5.90. The minimum Gasteiger partial charge on any atom is -0.364 e. The average molecular weight is 445 g/mol. The molecule has 0 radical (unpaired) electrons. The van der Waals surface area contributed by atoms with Crippen LogP contribution in [0.1, 0.15) is 41.7 Å². The Morgan fingerprint density at radius 3 is 2.29 bits per heavy atom. The highest BCUT2D eigenvalue weighted by atomic mass is 32.2. The third kappa shape index (κ3) is 4.52. The molecule has 0 unspecified atom stereocenters. The molecule has 166 valence electrons. The minimum atomic E-state index is -3.74. The highest BCUT2D eigenvalue weighted by Gasteiger charge is 2.39. The van der Waals surface area contributed by atoms with E-state index in [1.807, 2.05) is 35.2 Å². The maximum absolute atomic E-state index is 13.2. The number of carbonyl (C=O) groups excluding carboxylic acids is 2. The zero-order valence-electron chi connectivity index (χ0n) is 17.6. The van der Waals surface area contributed by atoms with Gasteiger partial charge in [0, 0.05) is 44.8 Å². The number of hydrogen-bond donors (Lipinski definition) is 1. The van der Waals surface area contributed by atoms with Crippen molar-refractivity contribution in [2.24, 2.45) is 18.7 Å². The number of piperidine rings is 1. The van der Waals surface area contributed by atoms with Crippen molar-refractivity contribution >= 4 is 21.8 Å². The van der Waals surface area contributed by atoms with E-state index in [1.54, 1.807) is 7.05 Å². The number of carbonyl (C=O) groups is 2. The van der Waals surface area contributed by atoms with E-state index in [-0.39, 0.29) is 35.5 Å². The average Bonchev–Trinajstić information content (AvgIpc) is 3.52. The molecule has 4 rings (SSSR count). The molecule has 0 spiro atoms. The fourth-order valence-corrected chi connectivity index (χ4v) is 5.74. The Morgan fingerprint density at radius 2 is 1.74 bits per heavy atom. The smallest absolute Gasteiger partial charge is 0.265 e. The Balaban J connectivity index is 1.42. The monoisotopic (exact) mass is 444 g/mol. The molecule has 2 N–H and O–H groups in total. The van der Waals surface area contributed by atoms with Gasteiger partial charge in [0.2, 0.25) is 15.9 Å². The molecule has 2 heterocycles. The van der Waals surface area contributed by atoms with Gasteiger partial charge in [0.05, 0.1) is 0 Å². The lowest BCUT2D eigenvalue weighted by Crippen LogP contribution is -2.44. The van der Waals surface area contributed by atoms with Crippen molar-refractivity contribution in [3.05, 3.63) is 53.9 Å². The van der Waals surface area contributed by atoms with Gasteiger partial charge in [0.15, 0.2) is 0 Å². The molecule has 31 heavy (non-hydrogen) atoms. The predicted octanol–water partition coefficient (Wildman–Crippen LogP) is 1.72.